The molecular weight excluding hydrogens is 622 g/mol. The Kier molecular flexibility index (Phi) is 14.9. The van der Waals surface area contributed by atoms with Gasteiger partial charge in [-0.3, -0.25) is 24.0 Å². The molecule has 2 aliphatic rings. The van der Waals surface area contributed by atoms with E-state index in [-0.39, 0.29) is 43.0 Å². The number of ether oxygens (including phenoxy) is 1. The van der Waals surface area contributed by atoms with Crippen LogP contribution in [0.5, 0.6) is 5.75 Å². The van der Waals surface area contributed by atoms with Crippen molar-refractivity contribution < 1.29 is 28.7 Å². The predicted octanol–water partition coefficient (Wildman–Crippen LogP) is 3.95. The molecule has 0 unspecified atom stereocenters. The van der Waals surface area contributed by atoms with E-state index in [2.05, 4.69) is 26.6 Å². The van der Waals surface area contributed by atoms with E-state index in [9.17, 15) is 24.0 Å². The third-order valence-electron chi connectivity index (χ3n) is 9.02. The van der Waals surface area contributed by atoms with Gasteiger partial charge in [-0.2, -0.15) is 0 Å². The monoisotopic (exact) mass is 675 g/mol. The SMILES string of the molecule is CC(C)C[C@@H]1NC(=O)[C@H](Cc2ccccc2)NC(=O)CC[C@@H](C(=O)NC2CCCC2)NC(=O)c2ccccc2OCCCCCCNC1=O. The highest BCUT2D eigenvalue weighted by atomic mass is 16.5. The number of carbonyl (C=O) groups is 5. The minimum absolute atomic E-state index is 0.0250. The van der Waals surface area contributed by atoms with Crippen molar-refractivity contribution in [1.82, 2.24) is 26.6 Å². The number of hydrogen-bond acceptors (Lipinski definition) is 6. The van der Waals surface area contributed by atoms with Crippen LogP contribution in [0.4, 0.5) is 0 Å². The second kappa shape index (κ2) is 19.6. The molecule has 266 valence electrons. The summed E-state index contributed by atoms with van der Waals surface area (Å²) in [6, 6.07) is 13.6. The highest BCUT2D eigenvalue weighted by Crippen LogP contribution is 2.21. The molecule has 2 aromatic carbocycles. The van der Waals surface area contributed by atoms with Crippen molar-refractivity contribution in [2.45, 2.75) is 115 Å². The van der Waals surface area contributed by atoms with Gasteiger partial charge in [0.1, 0.15) is 23.9 Å². The van der Waals surface area contributed by atoms with Crippen molar-refractivity contribution in [3.8, 4) is 5.75 Å². The molecule has 49 heavy (non-hydrogen) atoms. The Morgan fingerprint density at radius 1 is 0.796 bits per heavy atom. The third kappa shape index (κ3) is 12.5. The van der Waals surface area contributed by atoms with E-state index < -0.39 is 35.8 Å². The third-order valence-corrected chi connectivity index (χ3v) is 9.02. The van der Waals surface area contributed by atoms with E-state index in [0.29, 0.717) is 30.9 Å². The van der Waals surface area contributed by atoms with Gasteiger partial charge in [0.2, 0.25) is 23.6 Å². The molecule has 4 rings (SSSR count). The average Bonchev–Trinajstić information content (AvgIpc) is 3.60. The maximum Gasteiger partial charge on any atom is 0.255 e. The number of carbonyl (C=O) groups excluding carboxylic acids is 5. The molecular formula is C38H53N5O6. The van der Waals surface area contributed by atoms with E-state index in [1.165, 1.54) is 0 Å². The molecule has 0 spiro atoms. The van der Waals surface area contributed by atoms with Crippen LogP contribution >= 0.6 is 0 Å². The van der Waals surface area contributed by atoms with Gasteiger partial charge < -0.3 is 31.3 Å². The fourth-order valence-electron chi connectivity index (χ4n) is 6.33. The summed E-state index contributed by atoms with van der Waals surface area (Å²) < 4.78 is 5.99. The minimum Gasteiger partial charge on any atom is -0.493 e. The summed E-state index contributed by atoms with van der Waals surface area (Å²) in [4.78, 5) is 67.5. The maximum atomic E-state index is 13.7. The molecule has 0 aromatic heterocycles. The summed E-state index contributed by atoms with van der Waals surface area (Å²) >= 11 is 0. The van der Waals surface area contributed by atoms with E-state index >= 15 is 0 Å². The predicted molar refractivity (Wildman–Crippen MR) is 188 cm³/mol. The average molecular weight is 676 g/mol. The molecule has 5 amide bonds. The number of benzene rings is 2. The standard InChI is InChI=1S/C38H53N5O6/c1-26(2)24-31-36(46)39-22-12-3-4-13-23-49-33-19-11-10-18-29(33)35(45)42-30(37(47)40-28-16-8-9-17-28)20-21-34(44)41-32(38(48)43-31)25-27-14-6-5-7-15-27/h5-7,10-11,14-15,18-19,26,28,30-32H,3-4,8-9,12-13,16-17,20-25H2,1-2H3,(H,39,46)(H,40,47)(H,41,44)(H,42,45)(H,43,48)/t30-,31-,32-/m0/s1. The Labute approximate surface area is 290 Å². The number of hydrogen-bond donors (Lipinski definition) is 5. The molecule has 11 heteroatoms. The Hall–Kier alpha value is -4.41. The van der Waals surface area contributed by atoms with Crippen molar-refractivity contribution in [2.75, 3.05) is 13.2 Å². The highest BCUT2D eigenvalue weighted by Gasteiger charge is 2.30. The molecule has 1 aliphatic heterocycles. The van der Waals surface area contributed by atoms with Crippen molar-refractivity contribution >= 4 is 29.5 Å². The zero-order valence-corrected chi connectivity index (χ0v) is 28.9. The van der Waals surface area contributed by atoms with Gasteiger partial charge in [-0.25, -0.2) is 0 Å². The van der Waals surface area contributed by atoms with Gasteiger partial charge in [0, 0.05) is 25.4 Å². The summed E-state index contributed by atoms with van der Waals surface area (Å²) in [5.41, 5.74) is 1.15. The van der Waals surface area contributed by atoms with Crippen molar-refractivity contribution in [1.29, 1.82) is 0 Å². The first-order chi connectivity index (χ1) is 23.7. The Bertz CT molecular complexity index is 1390. The Morgan fingerprint density at radius 2 is 1.51 bits per heavy atom. The van der Waals surface area contributed by atoms with Crippen LogP contribution in [-0.4, -0.2) is 66.9 Å². The van der Waals surface area contributed by atoms with Gasteiger partial charge in [0.15, 0.2) is 0 Å². The molecule has 1 aliphatic carbocycles. The zero-order chi connectivity index (χ0) is 35.0. The molecule has 2 aromatic rings. The second-order valence-corrected chi connectivity index (χ2v) is 13.6. The van der Waals surface area contributed by atoms with Crippen LogP contribution in [-0.2, 0) is 25.6 Å². The lowest BCUT2D eigenvalue weighted by Crippen LogP contribution is -2.55. The summed E-state index contributed by atoms with van der Waals surface area (Å²) in [5, 5.41) is 14.6. The number of rotatable bonds is 6. The summed E-state index contributed by atoms with van der Waals surface area (Å²) in [6.45, 7) is 4.87. The van der Waals surface area contributed by atoms with Crippen LogP contribution < -0.4 is 31.3 Å². The van der Waals surface area contributed by atoms with Crippen molar-refractivity contribution in [2.24, 2.45) is 5.92 Å². The quantitative estimate of drug-likeness (QED) is 0.313. The fraction of sp³-hybridized carbons (Fsp3) is 0.553. The summed E-state index contributed by atoms with van der Waals surface area (Å²) in [5.74, 6) is -1.39. The molecule has 1 heterocycles. The van der Waals surface area contributed by atoms with E-state index in [0.717, 1.165) is 56.9 Å². The normalized spacial score (nSPS) is 22.6. The van der Waals surface area contributed by atoms with Gasteiger partial charge in [-0.1, -0.05) is 82.0 Å². The first-order valence-electron chi connectivity index (χ1n) is 17.9. The van der Waals surface area contributed by atoms with E-state index in [1.807, 2.05) is 44.2 Å². The van der Waals surface area contributed by atoms with E-state index in [1.54, 1.807) is 24.3 Å². The Balaban J connectivity index is 1.57. The number of para-hydroxylation sites is 1. The lowest BCUT2D eigenvalue weighted by Gasteiger charge is -2.25. The van der Waals surface area contributed by atoms with Crippen LogP contribution in [0, 0.1) is 5.92 Å². The van der Waals surface area contributed by atoms with Gasteiger partial charge in [0.05, 0.1) is 12.2 Å². The lowest BCUT2D eigenvalue weighted by molar-refractivity contribution is -0.132. The van der Waals surface area contributed by atoms with Crippen molar-refractivity contribution in [3.05, 3.63) is 65.7 Å². The molecule has 0 radical (unpaired) electrons. The maximum absolute atomic E-state index is 13.7. The molecule has 1 saturated carbocycles. The molecule has 0 saturated heterocycles. The molecule has 11 nitrogen and oxygen atoms in total. The Morgan fingerprint density at radius 3 is 2.27 bits per heavy atom. The van der Waals surface area contributed by atoms with Crippen LogP contribution in [0.2, 0.25) is 0 Å². The number of fused-ring (bicyclic) bond motifs is 1. The molecule has 1 fully saturated rings. The van der Waals surface area contributed by atoms with Gasteiger partial charge in [0.25, 0.3) is 5.91 Å². The number of amides is 5. The first-order valence-corrected chi connectivity index (χ1v) is 17.9. The van der Waals surface area contributed by atoms with Crippen LogP contribution in [0.25, 0.3) is 0 Å². The molecule has 3 atom stereocenters. The van der Waals surface area contributed by atoms with Crippen LogP contribution in [0.1, 0.15) is 100 Å². The lowest BCUT2D eigenvalue weighted by atomic mass is 10.0. The van der Waals surface area contributed by atoms with E-state index in [4.69, 9.17) is 4.74 Å². The fourth-order valence-corrected chi connectivity index (χ4v) is 6.33. The second-order valence-electron chi connectivity index (χ2n) is 13.6. The largest absolute Gasteiger partial charge is 0.493 e. The molecule has 5 N–H and O–H groups in total. The van der Waals surface area contributed by atoms with Crippen molar-refractivity contribution in [3.63, 3.8) is 0 Å². The molecule has 0 bridgehead atoms. The zero-order valence-electron chi connectivity index (χ0n) is 28.9. The van der Waals surface area contributed by atoms with Gasteiger partial charge in [-0.15, -0.1) is 0 Å². The first kappa shape index (κ1) is 37.4. The van der Waals surface area contributed by atoms with Crippen LogP contribution in [0.15, 0.2) is 54.6 Å². The highest BCUT2D eigenvalue weighted by molar-refractivity contribution is 6.00. The summed E-state index contributed by atoms with van der Waals surface area (Å²) in [6.07, 6.45) is 7.64. The number of nitrogens with one attached hydrogen (secondary N) is 5. The summed E-state index contributed by atoms with van der Waals surface area (Å²) in [7, 11) is 0. The smallest absolute Gasteiger partial charge is 0.255 e. The van der Waals surface area contributed by atoms with Crippen LogP contribution in [0.3, 0.4) is 0 Å². The topological polar surface area (TPSA) is 155 Å². The van der Waals surface area contributed by atoms with Gasteiger partial charge in [-0.05, 0) is 62.1 Å². The van der Waals surface area contributed by atoms with Gasteiger partial charge >= 0.3 is 0 Å². The minimum atomic E-state index is -0.981.